The van der Waals surface area contributed by atoms with Gasteiger partial charge in [-0.2, -0.15) is 4.31 Å². The number of halogens is 2. The Labute approximate surface area is 155 Å². The zero-order valence-corrected chi connectivity index (χ0v) is 15.3. The van der Waals surface area contributed by atoms with Gasteiger partial charge in [-0.1, -0.05) is 28.9 Å². The molecule has 2 heterocycles. The molecule has 1 aliphatic rings. The third-order valence-electron chi connectivity index (χ3n) is 4.66. The lowest BCUT2D eigenvalue weighted by Gasteiger charge is -2.31. The summed E-state index contributed by atoms with van der Waals surface area (Å²) in [5.74, 6) is -0.356. The van der Waals surface area contributed by atoms with Crippen LogP contribution in [0, 0.1) is 5.82 Å². The van der Waals surface area contributed by atoms with Crippen LogP contribution in [0.4, 0.5) is 4.39 Å². The first-order chi connectivity index (χ1) is 12.5. The maximum Gasteiger partial charge on any atom is 0.244 e. The Morgan fingerprint density at radius 1 is 1.12 bits per heavy atom. The Hall–Kier alpha value is -2.03. The van der Waals surface area contributed by atoms with E-state index < -0.39 is 10.0 Å². The molecule has 6 nitrogen and oxygen atoms in total. The van der Waals surface area contributed by atoms with Gasteiger partial charge in [0, 0.05) is 19.2 Å². The summed E-state index contributed by atoms with van der Waals surface area (Å²) in [6.07, 6.45) is 1.19. The minimum atomic E-state index is -3.63. The normalized spacial score (nSPS) is 17.0. The summed E-state index contributed by atoms with van der Waals surface area (Å²) in [5, 5.41) is 8.36. The van der Waals surface area contributed by atoms with Gasteiger partial charge in [0.05, 0.1) is 16.6 Å². The fraction of sp³-hybridized carbons (Fsp3) is 0.294. The number of benzene rings is 2. The van der Waals surface area contributed by atoms with Gasteiger partial charge < -0.3 is 0 Å². The Morgan fingerprint density at radius 2 is 1.85 bits per heavy atom. The molecule has 0 spiro atoms. The lowest BCUT2D eigenvalue weighted by atomic mass is 10.1. The fourth-order valence-electron chi connectivity index (χ4n) is 3.30. The predicted molar refractivity (Wildman–Crippen MR) is 96.0 cm³/mol. The highest BCUT2D eigenvalue weighted by atomic mass is 35.5. The van der Waals surface area contributed by atoms with E-state index in [4.69, 9.17) is 11.6 Å². The largest absolute Gasteiger partial charge is 0.244 e. The van der Waals surface area contributed by atoms with E-state index in [1.54, 1.807) is 28.9 Å². The lowest BCUT2D eigenvalue weighted by molar-refractivity contribution is 0.263. The van der Waals surface area contributed by atoms with Crippen LogP contribution >= 0.6 is 11.6 Å². The van der Waals surface area contributed by atoms with Gasteiger partial charge in [-0.05, 0) is 37.1 Å². The molecule has 4 rings (SSSR count). The van der Waals surface area contributed by atoms with E-state index in [2.05, 4.69) is 10.3 Å². The SMILES string of the molecule is O=S(=O)(c1ccccc1Cl)N1CCC(n2nnc3cc(F)ccc32)CC1. The van der Waals surface area contributed by atoms with Crippen molar-refractivity contribution < 1.29 is 12.8 Å². The highest BCUT2D eigenvalue weighted by Gasteiger charge is 2.32. The number of rotatable bonds is 3. The number of piperidine rings is 1. The van der Waals surface area contributed by atoms with Crippen LogP contribution in [0.1, 0.15) is 18.9 Å². The van der Waals surface area contributed by atoms with E-state index in [1.807, 2.05) is 0 Å². The molecule has 0 atom stereocenters. The van der Waals surface area contributed by atoms with Crippen LogP contribution in [0.5, 0.6) is 0 Å². The maximum absolute atomic E-state index is 13.3. The molecule has 1 aliphatic heterocycles. The molecule has 9 heteroatoms. The second kappa shape index (κ2) is 6.61. The van der Waals surface area contributed by atoms with Crippen molar-refractivity contribution in [3.8, 4) is 0 Å². The Kier molecular flexibility index (Phi) is 4.42. The molecular formula is C17H16ClFN4O2S. The molecule has 136 valence electrons. The van der Waals surface area contributed by atoms with E-state index in [-0.39, 0.29) is 21.8 Å². The van der Waals surface area contributed by atoms with Crippen LogP contribution in [0.25, 0.3) is 11.0 Å². The highest BCUT2D eigenvalue weighted by molar-refractivity contribution is 7.89. The average molecular weight is 395 g/mol. The van der Waals surface area contributed by atoms with Crippen LogP contribution in [-0.2, 0) is 10.0 Å². The van der Waals surface area contributed by atoms with E-state index in [0.29, 0.717) is 31.4 Å². The average Bonchev–Trinajstić information content (AvgIpc) is 3.05. The van der Waals surface area contributed by atoms with Crippen LogP contribution in [0.3, 0.4) is 0 Å². The highest BCUT2D eigenvalue weighted by Crippen LogP contribution is 2.30. The van der Waals surface area contributed by atoms with Crippen molar-refractivity contribution in [1.29, 1.82) is 0 Å². The third-order valence-corrected chi connectivity index (χ3v) is 7.06. The van der Waals surface area contributed by atoms with E-state index >= 15 is 0 Å². The Bertz CT molecular complexity index is 1060. The lowest BCUT2D eigenvalue weighted by Crippen LogP contribution is -2.39. The number of nitrogens with zero attached hydrogens (tertiary/aromatic N) is 4. The maximum atomic E-state index is 13.3. The molecule has 0 unspecified atom stereocenters. The summed E-state index contributed by atoms with van der Waals surface area (Å²) in [5.41, 5.74) is 1.25. The number of hydrogen-bond donors (Lipinski definition) is 0. The summed E-state index contributed by atoms with van der Waals surface area (Å²) in [6, 6.07) is 10.8. The quantitative estimate of drug-likeness (QED) is 0.683. The molecule has 2 aromatic carbocycles. The summed E-state index contributed by atoms with van der Waals surface area (Å²) >= 11 is 6.06. The van der Waals surface area contributed by atoms with E-state index in [9.17, 15) is 12.8 Å². The molecule has 0 radical (unpaired) electrons. The molecule has 1 saturated heterocycles. The second-order valence-corrected chi connectivity index (χ2v) is 8.55. The molecule has 0 saturated carbocycles. The summed E-state index contributed by atoms with van der Waals surface area (Å²) < 4.78 is 42.1. The van der Waals surface area contributed by atoms with Gasteiger partial charge in [-0.25, -0.2) is 17.5 Å². The van der Waals surface area contributed by atoms with Crippen molar-refractivity contribution in [1.82, 2.24) is 19.3 Å². The van der Waals surface area contributed by atoms with Crippen molar-refractivity contribution >= 4 is 32.7 Å². The van der Waals surface area contributed by atoms with Gasteiger partial charge in [0.2, 0.25) is 10.0 Å². The standard InChI is InChI=1S/C17H16ClFN4O2S/c18-14-3-1-2-4-17(14)26(24,25)22-9-7-13(8-10-22)23-16-6-5-12(19)11-15(16)20-21-23/h1-6,11,13H,7-10H2. The van der Waals surface area contributed by atoms with Gasteiger partial charge in [-0.15, -0.1) is 5.10 Å². The molecule has 1 fully saturated rings. The second-order valence-electron chi connectivity index (χ2n) is 6.23. The van der Waals surface area contributed by atoms with Crippen molar-refractivity contribution in [3.63, 3.8) is 0 Å². The predicted octanol–water partition coefficient (Wildman–Crippen LogP) is 3.25. The zero-order chi connectivity index (χ0) is 18.3. The van der Waals surface area contributed by atoms with E-state index in [0.717, 1.165) is 5.52 Å². The molecule has 0 amide bonds. The third kappa shape index (κ3) is 2.98. The van der Waals surface area contributed by atoms with Crippen LogP contribution in [0.15, 0.2) is 47.4 Å². The molecule has 0 bridgehead atoms. The van der Waals surface area contributed by atoms with Gasteiger partial charge in [0.1, 0.15) is 16.2 Å². The molecule has 1 aromatic heterocycles. The topological polar surface area (TPSA) is 68.1 Å². The molecule has 3 aromatic rings. The first-order valence-corrected chi connectivity index (χ1v) is 10.0. The van der Waals surface area contributed by atoms with Gasteiger partial charge >= 0.3 is 0 Å². The summed E-state index contributed by atoms with van der Waals surface area (Å²) in [6.45, 7) is 0.724. The smallest absolute Gasteiger partial charge is 0.241 e. The molecule has 0 N–H and O–H groups in total. The fourth-order valence-corrected chi connectivity index (χ4v) is 5.27. The van der Waals surface area contributed by atoms with Crippen LogP contribution in [-0.4, -0.2) is 40.8 Å². The van der Waals surface area contributed by atoms with Crippen LogP contribution in [0.2, 0.25) is 5.02 Å². The minimum Gasteiger partial charge on any atom is -0.241 e. The number of hydrogen-bond acceptors (Lipinski definition) is 4. The van der Waals surface area contributed by atoms with Crippen LogP contribution < -0.4 is 0 Å². The van der Waals surface area contributed by atoms with E-state index in [1.165, 1.54) is 22.5 Å². The summed E-state index contributed by atoms with van der Waals surface area (Å²) in [4.78, 5) is 0.127. The molecule has 26 heavy (non-hydrogen) atoms. The Balaban J connectivity index is 1.54. The van der Waals surface area contributed by atoms with Gasteiger partial charge in [0.15, 0.2) is 0 Å². The molecular weight excluding hydrogens is 379 g/mol. The zero-order valence-electron chi connectivity index (χ0n) is 13.7. The van der Waals surface area contributed by atoms with Crippen molar-refractivity contribution in [2.24, 2.45) is 0 Å². The number of aromatic nitrogens is 3. The Morgan fingerprint density at radius 3 is 2.58 bits per heavy atom. The number of fused-ring (bicyclic) bond motifs is 1. The minimum absolute atomic E-state index is 0.0168. The monoisotopic (exact) mass is 394 g/mol. The van der Waals surface area contributed by atoms with Gasteiger partial charge in [-0.3, -0.25) is 0 Å². The van der Waals surface area contributed by atoms with Gasteiger partial charge in [0.25, 0.3) is 0 Å². The first kappa shape index (κ1) is 17.4. The number of sulfonamides is 1. The summed E-state index contributed by atoms with van der Waals surface area (Å²) in [7, 11) is -3.63. The van der Waals surface area contributed by atoms with Crippen molar-refractivity contribution in [3.05, 3.63) is 53.3 Å². The van der Waals surface area contributed by atoms with Crippen molar-refractivity contribution in [2.45, 2.75) is 23.8 Å². The van der Waals surface area contributed by atoms with Crippen molar-refractivity contribution in [2.75, 3.05) is 13.1 Å². The first-order valence-electron chi connectivity index (χ1n) is 8.22. The molecule has 0 aliphatic carbocycles.